The number of thiophene rings is 1. The van der Waals surface area contributed by atoms with Crippen LogP contribution in [0.4, 0.5) is 0 Å². The molecule has 1 atom stereocenters. The van der Waals surface area contributed by atoms with Gasteiger partial charge in [-0.3, -0.25) is 9.59 Å². The molecule has 0 bridgehead atoms. The summed E-state index contributed by atoms with van der Waals surface area (Å²) in [5.41, 5.74) is 0. The van der Waals surface area contributed by atoms with Crippen molar-refractivity contribution in [3.8, 4) is 0 Å². The van der Waals surface area contributed by atoms with E-state index in [0.29, 0.717) is 12.8 Å². The molecule has 1 aromatic rings. The number of nitrogens with zero attached hydrogens (tertiary/aromatic N) is 1. The van der Waals surface area contributed by atoms with E-state index in [4.69, 9.17) is 5.11 Å². The van der Waals surface area contributed by atoms with Crippen molar-refractivity contribution in [2.24, 2.45) is 0 Å². The van der Waals surface area contributed by atoms with Gasteiger partial charge in [0.2, 0.25) is 11.8 Å². The Morgan fingerprint density at radius 1 is 1.41 bits per heavy atom. The summed E-state index contributed by atoms with van der Waals surface area (Å²) in [7, 11) is 0. The Bertz CT molecular complexity index is 502. The van der Waals surface area contributed by atoms with Gasteiger partial charge in [0.05, 0.1) is 0 Å². The summed E-state index contributed by atoms with van der Waals surface area (Å²) in [6.45, 7) is 3.32. The molecule has 0 radical (unpaired) electrons. The van der Waals surface area contributed by atoms with Crippen LogP contribution in [-0.4, -0.2) is 46.9 Å². The fourth-order valence-corrected chi connectivity index (χ4v) is 2.78. The number of carboxylic acids is 1. The highest BCUT2D eigenvalue weighted by molar-refractivity contribution is 7.09. The van der Waals surface area contributed by atoms with E-state index < -0.39 is 12.0 Å². The molecule has 0 fully saturated rings. The third-order valence-corrected chi connectivity index (χ3v) is 4.20. The number of aliphatic carboxylic acids is 1. The first-order valence-corrected chi connectivity index (χ1v) is 8.09. The lowest BCUT2D eigenvalue weighted by molar-refractivity contribution is -0.149. The van der Waals surface area contributed by atoms with Crippen LogP contribution in [0.1, 0.15) is 31.6 Å². The summed E-state index contributed by atoms with van der Waals surface area (Å²) in [4.78, 5) is 36.8. The summed E-state index contributed by atoms with van der Waals surface area (Å²) >= 11 is 1.64. The van der Waals surface area contributed by atoms with Gasteiger partial charge in [0.25, 0.3) is 0 Å². The maximum absolute atomic E-state index is 12.2. The molecule has 1 rings (SSSR count). The third kappa shape index (κ3) is 6.26. The van der Waals surface area contributed by atoms with Crippen molar-refractivity contribution in [1.82, 2.24) is 10.2 Å². The molecule has 0 saturated heterocycles. The molecule has 0 spiro atoms. The lowest BCUT2D eigenvalue weighted by Gasteiger charge is -2.26. The van der Waals surface area contributed by atoms with Crippen molar-refractivity contribution in [1.29, 1.82) is 0 Å². The zero-order valence-corrected chi connectivity index (χ0v) is 13.7. The smallest absolute Gasteiger partial charge is 0.326 e. The van der Waals surface area contributed by atoms with Gasteiger partial charge in [0.1, 0.15) is 6.04 Å². The van der Waals surface area contributed by atoms with E-state index in [1.54, 1.807) is 11.3 Å². The quantitative estimate of drug-likeness (QED) is 0.720. The Morgan fingerprint density at radius 3 is 2.68 bits per heavy atom. The van der Waals surface area contributed by atoms with E-state index in [9.17, 15) is 14.4 Å². The van der Waals surface area contributed by atoms with Crippen LogP contribution in [0.25, 0.3) is 0 Å². The number of nitrogens with one attached hydrogen (secondary N) is 1. The summed E-state index contributed by atoms with van der Waals surface area (Å²) in [6, 6.07) is 3.08. The molecule has 122 valence electrons. The zero-order chi connectivity index (χ0) is 16.5. The zero-order valence-electron chi connectivity index (χ0n) is 12.9. The van der Waals surface area contributed by atoms with Gasteiger partial charge in [-0.2, -0.15) is 0 Å². The summed E-state index contributed by atoms with van der Waals surface area (Å²) in [5.74, 6) is -1.45. The molecule has 1 heterocycles. The van der Waals surface area contributed by atoms with E-state index in [1.165, 1.54) is 23.6 Å². The molecule has 6 nitrogen and oxygen atoms in total. The molecule has 0 aliphatic carbocycles. The van der Waals surface area contributed by atoms with Crippen LogP contribution in [-0.2, 0) is 20.8 Å². The van der Waals surface area contributed by atoms with E-state index in [2.05, 4.69) is 5.32 Å². The number of hydrogen-bond acceptors (Lipinski definition) is 4. The van der Waals surface area contributed by atoms with Gasteiger partial charge in [-0.25, -0.2) is 4.79 Å². The average Bonchev–Trinajstić information content (AvgIpc) is 2.95. The second-order valence-electron chi connectivity index (χ2n) is 5.02. The lowest BCUT2D eigenvalue weighted by Crippen LogP contribution is -2.46. The van der Waals surface area contributed by atoms with Crippen LogP contribution >= 0.6 is 11.3 Å². The molecule has 2 N–H and O–H groups in total. The first-order valence-electron chi connectivity index (χ1n) is 7.21. The maximum atomic E-state index is 12.2. The van der Waals surface area contributed by atoms with Crippen molar-refractivity contribution < 1.29 is 19.5 Å². The number of carboxylic acid groups (broad SMARTS) is 1. The Balaban J connectivity index is 2.50. The molecule has 1 aromatic heterocycles. The predicted molar refractivity (Wildman–Crippen MR) is 84.8 cm³/mol. The van der Waals surface area contributed by atoms with Crippen molar-refractivity contribution in [3.63, 3.8) is 0 Å². The van der Waals surface area contributed by atoms with Crippen molar-refractivity contribution in [2.45, 2.75) is 39.2 Å². The number of amides is 2. The van der Waals surface area contributed by atoms with Crippen molar-refractivity contribution in [3.05, 3.63) is 22.4 Å². The van der Waals surface area contributed by atoms with Crippen LogP contribution in [0, 0.1) is 0 Å². The molecule has 7 heteroatoms. The van der Waals surface area contributed by atoms with Crippen LogP contribution in [0.2, 0.25) is 0 Å². The molecule has 1 unspecified atom stereocenters. The second-order valence-corrected chi connectivity index (χ2v) is 6.05. The van der Waals surface area contributed by atoms with E-state index in [1.807, 2.05) is 17.5 Å². The fraction of sp³-hybridized carbons (Fsp3) is 0.533. The van der Waals surface area contributed by atoms with Crippen LogP contribution in [0.5, 0.6) is 0 Å². The van der Waals surface area contributed by atoms with E-state index in [0.717, 1.165) is 6.42 Å². The minimum atomic E-state index is -1.05. The highest BCUT2D eigenvalue weighted by atomic mass is 32.1. The number of carbonyl (C=O) groups excluding carboxylic acids is 2. The Hall–Kier alpha value is -1.89. The average molecular weight is 326 g/mol. The van der Waals surface area contributed by atoms with Crippen LogP contribution < -0.4 is 5.32 Å². The van der Waals surface area contributed by atoms with E-state index in [-0.39, 0.29) is 24.9 Å². The molecule has 0 aromatic carbocycles. The number of hydrogen-bond donors (Lipinski definition) is 2. The second kappa shape index (κ2) is 9.19. The number of aryl methyl sites for hydroxylation is 1. The highest BCUT2D eigenvalue weighted by Crippen LogP contribution is 2.13. The standard InChI is InChI=1S/C15H22N2O4S/c1-11(15(20)21)17(9-8-16-12(2)18)14(19)7-3-5-13-6-4-10-22-13/h4,6,10-11H,3,5,7-9H2,1-2H3,(H,16,18)(H,20,21). The Morgan fingerprint density at radius 2 is 2.14 bits per heavy atom. The van der Waals surface area contributed by atoms with Gasteiger partial charge >= 0.3 is 5.97 Å². The first-order chi connectivity index (χ1) is 10.4. The fourth-order valence-electron chi connectivity index (χ4n) is 2.03. The monoisotopic (exact) mass is 326 g/mol. The van der Waals surface area contributed by atoms with E-state index >= 15 is 0 Å². The Kier molecular flexibility index (Phi) is 7.59. The normalized spacial score (nSPS) is 11.7. The summed E-state index contributed by atoms with van der Waals surface area (Å²) in [5, 5.41) is 13.7. The van der Waals surface area contributed by atoms with Crippen LogP contribution in [0.15, 0.2) is 17.5 Å². The predicted octanol–water partition coefficient (Wildman–Crippen LogP) is 1.51. The van der Waals surface area contributed by atoms with Crippen molar-refractivity contribution in [2.75, 3.05) is 13.1 Å². The van der Waals surface area contributed by atoms with Gasteiger partial charge in [0, 0.05) is 31.3 Å². The molecule has 2 amide bonds. The minimum absolute atomic E-state index is 0.197. The lowest BCUT2D eigenvalue weighted by atomic mass is 10.1. The molecule has 0 aliphatic rings. The summed E-state index contributed by atoms with van der Waals surface area (Å²) < 4.78 is 0. The largest absolute Gasteiger partial charge is 0.480 e. The topological polar surface area (TPSA) is 86.7 Å². The number of rotatable bonds is 9. The number of carbonyl (C=O) groups is 3. The highest BCUT2D eigenvalue weighted by Gasteiger charge is 2.24. The third-order valence-electron chi connectivity index (χ3n) is 3.27. The summed E-state index contributed by atoms with van der Waals surface area (Å²) in [6.07, 6.45) is 1.79. The van der Waals surface area contributed by atoms with Gasteiger partial charge in [-0.15, -0.1) is 11.3 Å². The van der Waals surface area contributed by atoms with Crippen molar-refractivity contribution >= 4 is 29.1 Å². The van der Waals surface area contributed by atoms with Gasteiger partial charge in [0.15, 0.2) is 0 Å². The maximum Gasteiger partial charge on any atom is 0.326 e. The van der Waals surface area contributed by atoms with Gasteiger partial charge < -0.3 is 15.3 Å². The molecular formula is C15H22N2O4S. The molecule has 0 aliphatic heterocycles. The first kappa shape index (κ1) is 18.2. The Labute approximate surface area is 134 Å². The SMILES string of the molecule is CC(=O)NCCN(C(=O)CCCc1cccs1)C(C)C(=O)O. The van der Waals surface area contributed by atoms with Gasteiger partial charge in [-0.1, -0.05) is 6.07 Å². The minimum Gasteiger partial charge on any atom is -0.480 e. The molecular weight excluding hydrogens is 304 g/mol. The molecule has 0 saturated carbocycles. The van der Waals surface area contributed by atoms with Gasteiger partial charge in [-0.05, 0) is 31.2 Å². The van der Waals surface area contributed by atoms with Crippen LogP contribution in [0.3, 0.4) is 0 Å². The molecule has 22 heavy (non-hydrogen) atoms.